The normalized spacial score (nSPS) is 8.11. The Kier molecular flexibility index (Phi) is 4.89. The molecule has 1 heterocycles. The summed E-state index contributed by atoms with van der Waals surface area (Å²) in [6, 6.07) is 5.44. The van der Waals surface area contributed by atoms with Gasteiger partial charge in [0.1, 0.15) is 0 Å². The predicted molar refractivity (Wildman–Crippen MR) is 38.7 cm³/mol. The predicted octanol–water partition coefficient (Wildman–Crippen LogP) is -0.342. The number of rotatable bonds is 1. The van der Waals surface area contributed by atoms with Gasteiger partial charge in [0.15, 0.2) is 0 Å². The summed E-state index contributed by atoms with van der Waals surface area (Å²) in [6.45, 7) is 0.0286. The SMILES string of the molecule is OCc1ccccn1.[PbH2]. The van der Waals surface area contributed by atoms with Crippen molar-refractivity contribution >= 4 is 27.3 Å². The van der Waals surface area contributed by atoms with Crippen molar-refractivity contribution in [2.45, 2.75) is 6.61 Å². The van der Waals surface area contributed by atoms with Crippen LogP contribution in [0.15, 0.2) is 24.4 Å². The fraction of sp³-hybridized carbons (Fsp3) is 0.167. The van der Waals surface area contributed by atoms with E-state index in [0.717, 1.165) is 0 Å². The van der Waals surface area contributed by atoms with E-state index >= 15 is 0 Å². The van der Waals surface area contributed by atoms with Crippen LogP contribution in [0.3, 0.4) is 0 Å². The number of hydrogen-bond donors (Lipinski definition) is 1. The molecule has 9 heavy (non-hydrogen) atoms. The topological polar surface area (TPSA) is 33.1 Å². The fourth-order valence-corrected chi connectivity index (χ4v) is 0.492. The quantitative estimate of drug-likeness (QED) is 0.719. The molecule has 2 radical (unpaired) electrons. The average molecular weight is 318 g/mol. The molecule has 0 saturated heterocycles. The summed E-state index contributed by atoms with van der Waals surface area (Å²) in [5.74, 6) is 0. The number of pyridine rings is 1. The second-order valence-electron chi connectivity index (χ2n) is 1.48. The number of aromatic nitrogens is 1. The van der Waals surface area contributed by atoms with Gasteiger partial charge < -0.3 is 5.11 Å². The Morgan fingerprint density at radius 2 is 2.22 bits per heavy atom. The molecule has 2 nitrogen and oxygen atoms in total. The molecule has 0 amide bonds. The zero-order chi connectivity index (χ0) is 5.82. The molecule has 1 rings (SSSR count). The van der Waals surface area contributed by atoms with E-state index in [1.807, 2.05) is 12.1 Å². The molecule has 0 aliphatic heterocycles. The van der Waals surface area contributed by atoms with Crippen LogP contribution in [0.2, 0.25) is 0 Å². The maximum atomic E-state index is 8.48. The number of hydrogen-bond acceptors (Lipinski definition) is 2. The molecule has 1 aromatic rings. The molecule has 0 unspecified atom stereocenters. The van der Waals surface area contributed by atoms with Gasteiger partial charge in [-0.05, 0) is 12.1 Å². The molecular formula is C6H9NOPb. The van der Waals surface area contributed by atoms with Gasteiger partial charge in [-0.2, -0.15) is 0 Å². The van der Waals surface area contributed by atoms with Crippen molar-refractivity contribution in [2.24, 2.45) is 0 Å². The first-order valence-corrected chi connectivity index (χ1v) is 2.44. The summed E-state index contributed by atoms with van der Waals surface area (Å²) in [4.78, 5) is 3.85. The standard InChI is InChI=1S/C6H7NO.Pb.2H/c8-5-6-3-1-2-4-7-6;;;/h1-4,8H,5H2;;;. The Morgan fingerprint density at radius 1 is 1.44 bits per heavy atom. The summed E-state index contributed by atoms with van der Waals surface area (Å²) in [6.07, 6.45) is 1.66. The Labute approximate surface area is 74.1 Å². The van der Waals surface area contributed by atoms with Crippen molar-refractivity contribution in [1.82, 2.24) is 4.98 Å². The molecule has 0 aromatic carbocycles. The molecule has 0 aliphatic rings. The van der Waals surface area contributed by atoms with Crippen LogP contribution < -0.4 is 0 Å². The molecule has 1 aromatic heterocycles. The first kappa shape index (κ1) is 9.03. The van der Waals surface area contributed by atoms with E-state index in [0.29, 0.717) is 5.69 Å². The second kappa shape index (κ2) is 4.87. The number of aliphatic hydroxyl groups excluding tert-OH is 1. The van der Waals surface area contributed by atoms with Gasteiger partial charge in [-0.25, -0.2) is 0 Å². The Morgan fingerprint density at radius 3 is 2.56 bits per heavy atom. The van der Waals surface area contributed by atoms with Crippen LogP contribution in [0.4, 0.5) is 0 Å². The van der Waals surface area contributed by atoms with Crippen molar-refractivity contribution in [3.63, 3.8) is 0 Å². The molecule has 0 aliphatic carbocycles. The van der Waals surface area contributed by atoms with Crippen LogP contribution in [0.25, 0.3) is 0 Å². The molecular weight excluding hydrogens is 309 g/mol. The van der Waals surface area contributed by atoms with Gasteiger partial charge >= 0.3 is 27.3 Å². The number of nitrogens with zero attached hydrogens (tertiary/aromatic N) is 1. The van der Waals surface area contributed by atoms with Crippen LogP contribution in [-0.2, 0) is 6.61 Å². The van der Waals surface area contributed by atoms with Crippen LogP contribution in [0, 0.1) is 0 Å². The van der Waals surface area contributed by atoms with Gasteiger partial charge in [0, 0.05) is 6.20 Å². The minimum atomic E-state index is 0. The number of aliphatic hydroxyl groups is 1. The molecule has 3 heteroatoms. The van der Waals surface area contributed by atoms with Crippen LogP contribution in [0.5, 0.6) is 0 Å². The first-order chi connectivity index (χ1) is 3.93. The molecule has 0 bridgehead atoms. The van der Waals surface area contributed by atoms with Crippen molar-refractivity contribution in [3.05, 3.63) is 30.1 Å². The summed E-state index contributed by atoms with van der Waals surface area (Å²) in [7, 11) is 0. The van der Waals surface area contributed by atoms with Crippen molar-refractivity contribution in [3.8, 4) is 0 Å². The molecule has 0 fully saturated rings. The van der Waals surface area contributed by atoms with E-state index in [1.165, 1.54) is 0 Å². The molecule has 0 spiro atoms. The Balaban J connectivity index is 0.000000640. The van der Waals surface area contributed by atoms with Gasteiger partial charge in [-0.1, -0.05) is 6.07 Å². The molecule has 48 valence electrons. The van der Waals surface area contributed by atoms with Gasteiger partial charge in [0.2, 0.25) is 0 Å². The van der Waals surface area contributed by atoms with Gasteiger partial charge in [-0.3, -0.25) is 4.98 Å². The minimum absolute atomic E-state index is 0. The zero-order valence-electron chi connectivity index (χ0n) is 5.12. The third-order valence-electron chi connectivity index (χ3n) is 0.888. The van der Waals surface area contributed by atoms with Crippen LogP contribution in [-0.4, -0.2) is 37.4 Å². The van der Waals surface area contributed by atoms with Crippen LogP contribution in [0.1, 0.15) is 5.69 Å². The van der Waals surface area contributed by atoms with E-state index < -0.39 is 0 Å². The third-order valence-corrected chi connectivity index (χ3v) is 0.888. The summed E-state index contributed by atoms with van der Waals surface area (Å²) in [5.41, 5.74) is 0.715. The Hall–Kier alpha value is 0.0321. The zero-order valence-corrected chi connectivity index (χ0v) is 10.6. The summed E-state index contributed by atoms with van der Waals surface area (Å²) < 4.78 is 0. The maximum absolute atomic E-state index is 8.48. The molecule has 0 saturated carbocycles. The monoisotopic (exact) mass is 319 g/mol. The van der Waals surface area contributed by atoms with Crippen molar-refractivity contribution in [2.75, 3.05) is 0 Å². The first-order valence-electron chi connectivity index (χ1n) is 2.44. The average Bonchev–Trinajstić information content (AvgIpc) is 1.90. The van der Waals surface area contributed by atoms with E-state index in [2.05, 4.69) is 4.98 Å². The molecule has 1 N–H and O–H groups in total. The summed E-state index contributed by atoms with van der Waals surface area (Å²) >= 11 is 0. The fourth-order valence-electron chi connectivity index (χ4n) is 0.492. The van der Waals surface area contributed by atoms with E-state index in [-0.39, 0.29) is 33.9 Å². The van der Waals surface area contributed by atoms with Crippen molar-refractivity contribution in [1.29, 1.82) is 0 Å². The van der Waals surface area contributed by atoms with E-state index in [4.69, 9.17) is 5.11 Å². The Bertz CT molecular complexity index is 154. The summed E-state index contributed by atoms with van der Waals surface area (Å²) in [5, 5.41) is 8.48. The van der Waals surface area contributed by atoms with Gasteiger partial charge in [0.25, 0.3) is 0 Å². The van der Waals surface area contributed by atoms with Gasteiger partial charge in [-0.15, -0.1) is 0 Å². The van der Waals surface area contributed by atoms with Crippen LogP contribution >= 0.6 is 0 Å². The van der Waals surface area contributed by atoms with Crippen molar-refractivity contribution < 1.29 is 5.11 Å². The van der Waals surface area contributed by atoms with E-state index in [1.54, 1.807) is 12.3 Å². The molecule has 0 atom stereocenters. The van der Waals surface area contributed by atoms with Gasteiger partial charge in [0.05, 0.1) is 12.3 Å². The second-order valence-corrected chi connectivity index (χ2v) is 1.48. The van der Waals surface area contributed by atoms with E-state index in [9.17, 15) is 0 Å². The third kappa shape index (κ3) is 2.90.